The van der Waals surface area contributed by atoms with Crippen molar-refractivity contribution in [2.75, 3.05) is 39.9 Å². The van der Waals surface area contributed by atoms with Gasteiger partial charge in [0.15, 0.2) is 0 Å². The van der Waals surface area contributed by atoms with Crippen LogP contribution < -0.4 is 5.32 Å². The molecule has 20 heavy (non-hydrogen) atoms. The summed E-state index contributed by atoms with van der Waals surface area (Å²) in [6.45, 7) is 12.0. The van der Waals surface area contributed by atoms with Crippen molar-refractivity contribution in [2.45, 2.75) is 65.3 Å². The number of likely N-dealkylation sites (N-methyl/N-ethyl adjacent to an activating group) is 1. The fourth-order valence-electron chi connectivity index (χ4n) is 2.88. The summed E-state index contributed by atoms with van der Waals surface area (Å²) < 4.78 is 5.54. The minimum atomic E-state index is 0.575. The van der Waals surface area contributed by atoms with Gasteiger partial charge in [-0.3, -0.25) is 0 Å². The third-order valence-corrected chi connectivity index (χ3v) is 4.64. The van der Waals surface area contributed by atoms with E-state index in [2.05, 4.69) is 38.0 Å². The molecule has 0 amide bonds. The lowest BCUT2D eigenvalue weighted by Crippen LogP contribution is -2.40. The molecule has 0 spiro atoms. The SMILES string of the molecule is CCCCOCCNCCN(C)C1CCC(C)(C)CC1. The van der Waals surface area contributed by atoms with Crippen LogP contribution in [0.5, 0.6) is 0 Å². The molecule has 0 aliphatic heterocycles. The highest BCUT2D eigenvalue weighted by Gasteiger charge is 2.28. The number of ether oxygens (including phenoxy) is 1. The number of hydrogen-bond donors (Lipinski definition) is 1. The summed E-state index contributed by atoms with van der Waals surface area (Å²) in [5, 5.41) is 3.48. The van der Waals surface area contributed by atoms with Gasteiger partial charge < -0.3 is 15.0 Å². The van der Waals surface area contributed by atoms with E-state index in [4.69, 9.17) is 4.74 Å². The number of nitrogens with one attached hydrogen (secondary N) is 1. The number of nitrogens with zero attached hydrogens (tertiary/aromatic N) is 1. The van der Waals surface area contributed by atoms with Gasteiger partial charge in [-0.25, -0.2) is 0 Å². The Labute approximate surface area is 126 Å². The Kier molecular flexibility index (Phi) is 8.74. The Morgan fingerprint density at radius 3 is 2.50 bits per heavy atom. The fraction of sp³-hybridized carbons (Fsp3) is 1.00. The molecule has 0 heterocycles. The molecule has 0 saturated heterocycles. The maximum absolute atomic E-state index is 5.54. The average molecular weight is 284 g/mol. The summed E-state index contributed by atoms with van der Waals surface area (Å²) in [5.41, 5.74) is 0.575. The van der Waals surface area contributed by atoms with Crippen LogP contribution in [0.25, 0.3) is 0 Å². The highest BCUT2D eigenvalue weighted by atomic mass is 16.5. The van der Waals surface area contributed by atoms with Crippen LogP contribution in [-0.4, -0.2) is 50.8 Å². The van der Waals surface area contributed by atoms with Gasteiger partial charge in [-0.15, -0.1) is 0 Å². The van der Waals surface area contributed by atoms with Crippen molar-refractivity contribution in [1.29, 1.82) is 0 Å². The molecule has 120 valence electrons. The van der Waals surface area contributed by atoms with Gasteiger partial charge in [0.25, 0.3) is 0 Å². The van der Waals surface area contributed by atoms with Crippen molar-refractivity contribution < 1.29 is 4.74 Å². The van der Waals surface area contributed by atoms with Gasteiger partial charge in [-0.05, 0) is 44.6 Å². The predicted molar refractivity (Wildman–Crippen MR) is 87.3 cm³/mol. The van der Waals surface area contributed by atoms with Gasteiger partial charge in [-0.1, -0.05) is 27.2 Å². The van der Waals surface area contributed by atoms with E-state index in [9.17, 15) is 0 Å². The molecule has 1 N–H and O–H groups in total. The van der Waals surface area contributed by atoms with Gasteiger partial charge in [0.1, 0.15) is 0 Å². The van der Waals surface area contributed by atoms with Gasteiger partial charge in [0.2, 0.25) is 0 Å². The molecule has 1 aliphatic rings. The Morgan fingerprint density at radius 1 is 1.15 bits per heavy atom. The summed E-state index contributed by atoms with van der Waals surface area (Å²) in [4.78, 5) is 2.54. The number of hydrogen-bond acceptors (Lipinski definition) is 3. The molecule has 0 aromatic rings. The first-order valence-electron chi connectivity index (χ1n) is 8.54. The van der Waals surface area contributed by atoms with E-state index in [1.54, 1.807) is 0 Å². The van der Waals surface area contributed by atoms with E-state index in [1.165, 1.54) is 38.5 Å². The molecule has 0 radical (unpaired) electrons. The Bertz CT molecular complexity index is 233. The quantitative estimate of drug-likeness (QED) is 0.623. The first-order valence-corrected chi connectivity index (χ1v) is 8.54. The minimum Gasteiger partial charge on any atom is -0.380 e. The third kappa shape index (κ3) is 7.61. The van der Waals surface area contributed by atoms with Gasteiger partial charge >= 0.3 is 0 Å². The van der Waals surface area contributed by atoms with Crippen LogP contribution in [0.2, 0.25) is 0 Å². The maximum Gasteiger partial charge on any atom is 0.0590 e. The van der Waals surface area contributed by atoms with Crippen molar-refractivity contribution in [3.05, 3.63) is 0 Å². The zero-order valence-electron chi connectivity index (χ0n) is 14.2. The van der Waals surface area contributed by atoms with Crippen LogP contribution in [-0.2, 0) is 4.74 Å². The largest absolute Gasteiger partial charge is 0.380 e. The number of rotatable bonds is 10. The molecule has 0 unspecified atom stereocenters. The van der Waals surface area contributed by atoms with Crippen molar-refractivity contribution >= 4 is 0 Å². The molecular weight excluding hydrogens is 248 g/mol. The monoisotopic (exact) mass is 284 g/mol. The topological polar surface area (TPSA) is 24.5 Å². The Hall–Kier alpha value is -0.120. The first-order chi connectivity index (χ1) is 9.55. The molecule has 1 fully saturated rings. The second-order valence-electron chi connectivity index (χ2n) is 7.09. The van der Waals surface area contributed by atoms with Crippen LogP contribution in [0.1, 0.15) is 59.3 Å². The highest BCUT2D eigenvalue weighted by molar-refractivity contribution is 4.82. The van der Waals surface area contributed by atoms with E-state index < -0.39 is 0 Å². The van der Waals surface area contributed by atoms with Crippen LogP contribution in [0.3, 0.4) is 0 Å². The molecule has 3 heteroatoms. The molecule has 0 aromatic carbocycles. The number of unbranched alkanes of at least 4 members (excludes halogenated alkanes) is 1. The lowest BCUT2D eigenvalue weighted by atomic mass is 9.75. The summed E-state index contributed by atoms with van der Waals surface area (Å²) in [7, 11) is 2.28. The fourth-order valence-corrected chi connectivity index (χ4v) is 2.88. The molecule has 1 saturated carbocycles. The minimum absolute atomic E-state index is 0.575. The predicted octanol–water partition coefficient (Wildman–Crippen LogP) is 3.29. The molecule has 0 aromatic heterocycles. The molecule has 1 aliphatic carbocycles. The molecule has 1 rings (SSSR count). The second-order valence-corrected chi connectivity index (χ2v) is 7.09. The summed E-state index contributed by atoms with van der Waals surface area (Å²) in [6.07, 6.45) is 7.88. The summed E-state index contributed by atoms with van der Waals surface area (Å²) in [6, 6.07) is 0.797. The standard InChI is InChI=1S/C17H36N2O/c1-5-6-14-20-15-12-18-11-13-19(4)16-7-9-17(2,3)10-8-16/h16,18H,5-15H2,1-4H3. The van der Waals surface area contributed by atoms with E-state index in [-0.39, 0.29) is 0 Å². The van der Waals surface area contributed by atoms with Gasteiger partial charge in [0.05, 0.1) is 6.61 Å². The van der Waals surface area contributed by atoms with Crippen LogP contribution in [0.4, 0.5) is 0 Å². The van der Waals surface area contributed by atoms with Crippen molar-refractivity contribution in [3.8, 4) is 0 Å². The normalized spacial score (nSPS) is 19.6. The van der Waals surface area contributed by atoms with E-state index >= 15 is 0 Å². The summed E-state index contributed by atoms with van der Waals surface area (Å²) in [5.74, 6) is 0. The zero-order chi connectivity index (χ0) is 14.8. The van der Waals surface area contributed by atoms with Crippen LogP contribution in [0.15, 0.2) is 0 Å². The van der Waals surface area contributed by atoms with Crippen LogP contribution >= 0.6 is 0 Å². The van der Waals surface area contributed by atoms with Crippen LogP contribution in [0, 0.1) is 5.41 Å². The molecule has 0 bridgehead atoms. The lowest BCUT2D eigenvalue weighted by molar-refractivity contribution is 0.121. The third-order valence-electron chi connectivity index (χ3n) is 4.64. The molecular formula is C17H36N2O. The van der Waals surface area contributed by atoms with E-state index in [0.29, 0.717) is 5.41 Å². The van der Waals surface area contributed by atoms with Crippen molar-refractivity contribution in [3.63, 3.8) is 0 Å². The van der Waals surface area contributed by atoms with E-state index in [1.807, 2.05) is 0 Å². The maximum atomic E-state index is 5.54. The Balaban J connectivity index is 1.96. The van der Waals surface area contributed by atoms with Crippen molar-refractivity contribution in [2.24, 2.45) is 5.41 Å². The van der Waals surface area contributed by atoms with Gasteiger partial charge in [0, 0.05) is 32.3 Å². The summed E-state index contributed by atoms with van der Waals surface area (Å²) >= 11 is 0. The highest BCUT2D eigenvalue weighted by Crippen LogP contribution is 2.36. The van der Waals surface area contributed by atoms with Gasteiger partial charge in [-0.2, -0.15) is 0 Å². The van der Waals surface area contributed by atoms with E-state index in [0.717, 1.165) is 38.9 Å². The second kappa shape index (κ2) is 9.75. The first kappa shape index (κ1) is 17.9. The smallest absolute Gasteiger partial charge is 0.0590 e. The molecule has 3 nitrogen and oxygen atoms in total. The zero-order valence-corrected chi connectivity index (χ0v) is 14.2. The lowest BCUT2D eigenvalue weighted by Gasteiger charge is -2.38. The molecule has 0 atom stereocenters. The average Bonchev–Trinajstić information content (AvgIpc) is 2.41. The van der Waals surface area contributed by atoms with Crippen molar-refractivity contribution in [1.82, 2.24) is 10.2 Å². The Morgan fingerprint density at radius 2 is 1.85 bits per heavy atom.